The molecule has 1 aliphatic heterocycles. The van der Waals surface area contributed by atoms with E-state index in [-0.39, 0.29) is 18.3 Å². The Labute approximate surface area is 191 Å². The smallest absolute Gasteiger partial charge is 0.304 e. The van der Waals surface area contributed by atoms with Crippen molar-refractivity contribution in [2.75, 3.05) is 26.2 Å². The molecule has 4 unspecified atom stereocenters. The molecule has 1 saturated heterocycles. The summed E-state index contributed by atoms with van der Waals surface area (Å²) in [6, 6.07) is 0. The number of carboxylic acid groups (broad SMARTS) is 1. The Balaban J connectivity index is 1.19. The van der Waals surface area contributed by atoms with Crippen LogP contribution >= 0.6 is 0 Å². The van der Waals surface area contributed by atoms with Crippen LogP contribution < -0.4 is 0 Å². The Kier molecular flexibility index (Phi) is 7.50. The van der Waals surface area contributed by atoms with Crippen molar-refractivity contribution in [3.05, 3.63) is 72.1 Å². The van der Waals surface area contributed by atoms with E-state index in [4.69, 9.17) is 9.84 Å². The second kappa shape index (κ2) is 10.7. The minimum absolute atomic E-state index is 0.0769. The molecule has 1 fully saturated rings. The van der Waals surface area contributed by atoms with Crippen molar-refractivity contribution in [1.29, 1.82) is 0 Å². The molecule has 0 aromatic heterocycles. The molecule has 4 heteroatoms. The van der Waals surface area contributed by atoms with Crippen LogP contribution in [0, 0.1) is 41.4 Å². The van der Waals surface area contributed by atoms with Gasteiger partial charge in [0.25, 0.3) is 0 Å². The molecule has 5 atom stereocenters. The molecule has 1 N–H and O–H groups in total. The summed E-state index contributed by atoms with van der Waals surface area (Å²) in [6.45, 7) is 5.77. The summed E-state index contributed by atoms with van der Waals surface area (Å²) in [5, 5.41) is 9.12. The highest BCUT2D eigenvalue weighted by molar-refractivity contribution is 5.67. The molecule has 0 amide bonds. The predicted octanol–water partition coefficient (Wildman–Crippen LogP) is 4.75. The fraction of sp³-hybridized carbons (Fsp3) is 0.464. The Morgan fingerprint density at radius 3 is 2.50 bits per heavy atom. The maximum Gasteiger partial charge on any atom is 0.304 e. The van der Waals surface area contributed by atoms with Crippen molar-refractivity contribution < 1.29 is 14.6 Å². The van der Waals surface area contributed by atoms with Gasteiger partial charge in [0, 0.05) is 31.5 Å². The minimum atomic E-state index is -0.801. The van der Waals surface area contributed by atoms with Gasteiger partial charge < -0.3 is 9.84 Å². The molecule has 0 radical (unpaired) electrons. The number of carboxylic acids is 1. The molecule has 0 spiro atoms. The lowest BCUT2D eigenvalue weighted by molar-refractivity contribution is -0.137. The van der Waals surface area contributed by atoms with Gasteiger partial charge in [0.15, 0.2) is 0 Å². The first-order valence-electron chi connectivity index (χ1n) is 11.7. The summed E-state index contributed by atoms with van der Waals surface area (Å²) < 4.78 is 6.04. The summed E-state index contributed by atoms with van der Waals surface area (Å²) in [4.78, 5) is 13.7. The lowest BCUT2D eigenvalue weighted by Crippen LogP contribution is -2.24. The zero-order valence-electron chi connectivity index (χ0n) is 18.8. The molecule has 4 aliphatic rings. The minimum Gasteiger partial charge on any atom is -0.493 e. The van der Waals surface area contributed by atoms with Gasteiger partial charge in [0.05, 0.1) is 13.0 Å². The van der Waals surface area contributed by atoms with Crippen LogP contribution in [0.4, 0.5) is 0 Å². The van der Waals surface area contributed by atoms with Crippen LogP contribution in [0.2, 0.25) is 0 Å². The summed E-state index contributed by atoms with van der Waals surface area (Å²) >= 11 is 0. The summed E-state index contributed by atoms with van der Waals surface area (Å²) in [6.07, 6.45) is 23.9. The average Bonchev–Trinajstić information content (AvgIpc) is 3.21. The van der Waals surface area contributed by atoms with Gasteiger partial charge in [-0.3, -0.25) is 9.69 Å². The monoisotopic (exact) mass is 431 g/mol. The van der Waals surface area contributed by atoms with E-state index in [1.807, 2.05) is 6.08 Å². The number of rotatable bonds is 8. The first-order chi connectivity index (χ1) is 15.6. The third kappa shape index (κ3) is 5.93. The van der Waals surface area contributed by atoms with Gasteiger partial charge in [-0.2, -0.15) is 0 Å². The highest BCUT2D eigenvalue weighted by Gasteiger charge is 2.30. The zero-order valence-corrected chi connectivity index (χ0v) is 18.8. The second-order valence-electron chi connectivity index (χ2n) is 9.20. The zero-order chi connectivity index (χ0) is 22.3. The maximum atomic E-state index is 11.1. The third-order valence-corrected chi connectivity index (χ3v) is 6.79. The van der Waals surface area contributed by atoms with Crippen LogP contribution in [0.25, 0.3) is 0 Å². The number of hydrogen-bond acceptors (Lipinski definition) is 3. The largest absolute Gasteiger partial charge is 0.493 e. The van der Waals surface area contributed by atoms with Crippen LogP contribution in [0.1, 0.15) is 26.2 Å². The van der Waals surface area contributed by atoms with Gasteiger partial charge in [-0.25, -0.2) is 0 Å². The molecule has 0 bridgehead atoms. The van der Waals surface area contributed by atoms with Crippen molar-refractivity contribution in [2.24, 2.45) is 29.6 Å². The highest BCUT2D eigenvalue weighted by Crippen LogP contribution is 2.30. The summed E-state index contributed by atoms with van der Waals surface area (Å²) in [5.41, 5.74) is 1.41. The summed E-state index contributed by atoms with van der Waals surface area (Å²) in [7, 11) is 0. The van der Waals surface area contributed by atoms with Gasteiger partial charge in [0.1, 0.15) is 5.76 Å². The molecule has 4 rings (SSSR count). The molecule has 4 nitrogen and oxygen atoms in total. The number of ether oxygens (including phenoxy) is 1. The van der Waals surface area contributed by atoms with E-state index in [9.17, 15) is 4.79 Å². The first kappa shape index (κ1) is 22.4. The first-order valence-corrected chi connectivity index (χ1v) is 11.7. The topological polar surface area (TPSA) is 49.8 Å². The van der Waals surface area contributed by atoms with E-state index >= 15 is 0 Å². The highest BCUT2D eigenvalue weighted by atomic mass is 16.5. The van der Waals surface area contributed by atoms with Crippen LogP contribution in [0.5, 0.6) is 0 Å². The van der Waals surface area contributed by atoms with Crippen molar-refractivity contribution in [3.63, 3.8) is 0 Å². The van der Waals surface area contributed by atoms with Gasteiger partial charge in [0.2, 0.25) is 0 Å². The fourth-order valence-electron chi connectivity index (χ4n) is 5.01. The molecule has 0 aromatic rings. The number of nitrogens with zero attached hydrogens (tertiary/aromatic N) is 1. The average molecular weight is 432 g/mol. The van der Waals surface area contributed by atoms with E-state index in [2.05, 4.69) is 71.4 Å². The number of hydrogen-bond donors (Lipinski definition) is 1. The SMILES string of the molecule is CC#C[C@@H](CC(=O)O)C1C=CC(OCC2C=CC(CN3CC4C=CC=CC4C3)=CC2)=CC1. The van der Waals surface area contributed by atoms with Crippen LogP contribution in [0.3, 0.4) is 0 Å². The second-order valence-corrected chi connectivity index (χ2v) is 9.20. The van der Waals surface area contributed by atoms with Crippen LogP contribution in [0.15, 0.2) is 72.1 Å². The van der Waals surface area contributed by atoms with E-state index in [1.165, 1.54) is 5.57 Å². The van der Waals surface area contributed by atoms with E-state index in [0.717, 1.165) is 38.2 Å². The Bertz CT molecular complexity index is 919. The van der Waals surface area contributed by atoms with Gasteiger partial charge in [-0.15, -0.1) is 5.92 Å². The number of likely N-dealkylation sites (tertiary alicyclic amines) is 1. The lowest BCUT2D eigenvalue weighted by Gasteiger charge is -2.23. The van der Waals surface area contributed by atoms with E-state index in [0.29, 0.717) is 24.4 Å². The van der Waals surface area contributed by atoms with Crippen molar-refractivity contribution in [1.82, 2.24) is 4.90 Å². The Morgan fingerprint density at radius 2 is 1.91 bits per heavy atom. The standard InChI is InChI=1S/C28H33NO3/c1-2-5-24(16-28(30)31)23-12-14-27(15-13-23)32-20-22-10-8-21(9-11-22)17-29-18-25-6-3-4-7-26(25)19-29/h3-4,6-10,12,14-15,22-26H,11,13,16-20H2,1H3,(H,30,31)/t22?,23?,24-,25?,26?/m0/s1. The van der Waals surface area contributed by atoms with Gasteiger partial charge in [-0.05, 0) is 55.2 Å². The molecule has 1 heterocycles. The van der Waals surface area contributed by atoms with Crippen LogP contribution in [-0.4, -0.2) is 42.2 Å². The molecule has 0 saturated carbocycles. The number of allylic oxidation sites excluding steroid dienone is 6. The maximum absolute atomic E-state index is 11.1. The number of aliphatic carboxylic acids is 1. The van der Waals surface area contributed by atoms with E-state index in [1.54, 1.807) is 6.92 Å². The quantitative estimate of drug-likeness (QED) is 0.563. The molecule has 0 aromatic carbocycles. The molecule has 32 heavy (non-hydrogen) atoms. The van der Waals surface area contributed by atoms with Crippen LogP contribution in [-0.2, 0) is 9.53 Å². The van der Waals surface area contributed by atoms with Crippen molar-refractivity contribution >= 4 is 5.97 Å². The van der Waals surface area contributed by atoms with Gasteiger partial charge in [-0.1, -0.05) is 54.5 Å². The number of carbonyl (C=O) groups is 1. The molecule has 3 aliphatic carbocycles. The Morgan fingerprint density at radius 1 is 1.12 bits per heavy atom. The normalized spacial score (nSPS) is 29.5. The lowest BCUT2D eigenvalue weighted by atomic mass is 9.85. The fourth-order valence-corrected chi connectivity index (χ4v) is 5.01. The van der Waals surface area contributed by atoms with Crippen molar-refractivity contribution in [3.8, 4) is 11.8 Å². The summed E-state index contributed by atoms with van der Waals surface area (Å²) in [5.74, 6) is 7.73. The molecular weight excluding hydrogens is 398 g/mol. The molecular formula is C28H33NO3. The molecule has 168 valence electrons. The predicted molar refractivity (Wildman–Crippen MR) is 128 cm³/mol. The van der Waals surface area contributed by atoms with Gasteiger partial charge >= 0.3 is 5.97 Å². The van der Waals surface area contributed by atoms with E-state index < -0.39 is 5.97 Å². The Hall–Kier alpha value is -2.77. The third-order valence-electron chi connectivity index (χ3n) is 6.79. The van der Waals surface area contributed by atoms with Crippen molar-refractivity contribution in [2.45, 2.75) is 26.2 Å². The number of fused-ring (bicyclic) bond motifs is 1.